The van der Waals surface area contributed by atoms with Crippen LogP contribution < -0.4 is 10.1 Å². The van der Waals surface area contributed by atoms with E-state index < -0.39 is 0 Å². The molecule has 0 saturated carbocycles. The largest absolute Gasteiger partial charge is 0.494 e. The highest BCUT2D eigenvalue weighted by Crippen LogP contribution is 2.24. The molecule has 138 valence electrons. The van der Waals surface area contributed by atoms with Crippen molar-refractivity contribution in [3.05, 3.63) is 53.9 Å². The van der Waals surface area contributed by atoms with E-state index in [1.807, 2.05) is 54.0 Å². The molecule has 5 nitrogen and oxygen atoms in total. The SMILES string of the molecule is CCCCNC(=O)c1cc2oc(C)cc2n1CCCOc1ccccc1. The third-order valence-corrected chi connectivity index (χ3v) is 4.30. The Labute approximate surface area is 153 Å². The molecule has 3 aromatic rings. The van der Waals surface area contributed by atoms with Crippen molar-refractivity contribution in [1.82, 2.24) is 9.88 Å². The van der Waals surface area contributed by atoms with Crippen LogP contribution in [0.25, 0.3) is 11.1 Å². The van der Waals surface area contributed by atoms with Crippen LogP contribution in [0.2, 0.25) is 0 Å². The Balaban J connectivity index is 1.68. The van der Waals surface area contributed by atoms with Crippen molar-refractivity contribution < 1.29 is 13.9 Å². The molecule has 1 aromatic carbocycles. The number of carbonyl (C=O) groups is 1. The van der Waals surface area contributed by atoms with E-state index >= 15 is 0 Å². The lowest BCUT2D eigenvalue weighted by Crippen LogP contribution is -2.27. The zero-order chi connectivity index (χ0) is 18.4. The van der Waals surface area contributed by atoms with Crippen LogP contribution in [0.1, 0.15) is 42.4 Å². The number of hydrogen-bond acceptors (Lipinski definition) is 3. The minimum Gasteiger partial charge on any atom is -0.494 e. The van der Waals surface area contributed by atoms with Crippen molar-refractivity contribution in [2.24, 2.45) is 0 Å². The van der Waals surface area contributed by atoms with E-state index in [1.165, 1.54) is 0 Å². The fourth-order valence-electron chi connectivity index (χ4n) is 2.99. The first-order valence-corrected chi connectivity index (χ1v) is 9.24. The van der Waals surface area contributed by atoms with Gasteiger partial charge in [-0.15, -0.1) is 0 Å². The van der Waals surface area contributed by atoms with Crippen molar-refractivity contribution >= 4 is 17.0 Å². The van der Waals surface area contributed by atoms with Crippen LogP contribution in [0.15, 0.2) is 46.9 Å². The summed E-state index contributed by atoms with van der Waals surface area (Å²) < 4.78 is 13.5. The molecule has 26 heavy (non-hydrogen) atoms. The summed E-state index contributed by atoms with van der Waals surface area (Å²) >= 11 is 0. The maximum atomic E-state index is 12.5. The maximum absolute atomic E-state index is 12.5. The molecule has 5 heteroatoms. The normalized spacial score (nSPS) is 11.0. The molecule has 0 radical (unpaired) electrons. The lowest BCUT2D eigenvalue weighted by Gasteiger charge is -2.11. The lowest BCUT2D eigenvalue weighted by atomic mass is 10.3. The summed E-state index contributed by atoms with van der Waals surface area (Å²) in [7, 11) is 0. The Morgan fingerprint density at radius 2 is 2.00 bits per heavy atom. The molecule has 0 atom stereocenters. The highest BCUT2D eigenvalue weighted by Gasteiger charge is 2.18. The number of hydrogen-bond donors (Lipinski definition) is 1. The van der Waals surface area contributed by atoms with Crippen LogP contribution in [0.4, 0.5) is 0 Å². The second-order valence-corrected chi connectivity index (χ2v) is 6.41. The molecule has 0 aliphatic carbocycles. The molecule has 0 saturated heterocycles. The predicted octanol–water partition coefficient (Wildman–Crippen LogP) is 4.54. The average Bonchev–Trinajstić information content (AvgIpc) is 3.16. The number of unbranched alkanes of at least 4 members (excludes halogenated alkanes) is 1. The Morgan fingerprint density at radius 3 is 2.77 bits per heavy atom. The standard InChI is InChI=1S/C21H26N2O3/c1-3-4-11-22-21(24)19-15-20-18(14-16(2)26-20)23(19)12-8-13-25-17-9-6-5-7-10-17/h5-7,9-10,14-15H,3-4,8,11-13H2,1-2H3,(H,22,24). The van der Waals surface area contributed by atoms with E-state index in [0.717, 1.165) is 41.9 Å². The fraction of sp³-hybridized carbons (Fsp3) is 0.381. The predicted molar refractivity (Wildman–Crippen MR) is 103 cm³/mol. The number of para-hydroxylation sites is 1. The van der Waals surface area contributed by atoms with Gasteiger partial charge in [0.05, 0.1) is 12.1 Å². The zero-order valence-electron chi connectivity index (χ0n) is 15.5. The van der Waals surface area contributed by atoms with Crippen LogP contribution in [0, 0.1) is 6.92 Å². The Morgan fingerprint density at radius 1 is 1.19 bits per heavy atom. The average molecular weight is 354 g/mol. The zero-order valence-corrected chi connectivity index (χ0v) is 15.5. The first-order chi connectivity index (χ1) is 12.7. The third-order valence-electron chi connectivity index (χ3n) is 4.30. The Kier molecular flexibility index (Phi) is 6.00. The quantitative estimate of drug-likeness (QED) is 0.574. The molecule has 1 amide bonds. The molecule has 0 unspecified atom stereocenters. The molecule has 1 N–H and O–H groups in total. The number of amides is 1. The van der Waals surface area contributed by atoms with Gasteiger partial charge in [0, 0.05) is 25.2 Å². The van der Waals surface area contributed by atoms with Gasteiger partial charge in [0.15, 0.2) is 5.58 Å². The van der Waals surface area contributed by atoms with E-state index in [0.29, 0.717) is 25.4 Å². The molecular formula is C21H26N2O3. The van der Waals surface area contributed by atoms with Crippen LogP contribution in [0.3, 0.4) is 0 Å². The maximum Gasteiger partial charge on any atom is 0.268 e. The molecule has 0 aliphatic rings. The van der Waals surface area contributed by atoms with Crippen LogP contribution in [-0.4, -0.2) is 23.6 Å². The number of aryl methyl sites for hydroxylation is 2. The summed E-state index contributed by atoms with van der Waals surface area (Å²) in [6.45, 7) is 6.02. The Bertz CT molecular complexity index is 849. The van der Waals surface area contributed by atoms with Gasteiger partial charge in [-0.05, 0) is 31.9 Å². The van der Waals surface area contributed by atoms with E-state index in [4.69, 9.17) is 9.15 Å². The molecule has 0 bridgehead atoms. The molecule has 0 fully saturated rings. The Hall–Kier alpha value is -2.69. The van der Waals surface area contributed by atoms with Crippen LogP contribution in [-0.2, 0) is 6.54 Å². The minimum atomic E-state index is -0.0496. The topological polar surface area (TPSA) is 56.4 Å². The summed E-state index contributed by atoms with van der Waals surface area (Å²) in [6, 6.07) is 13.6. The highest BCUT2D eigenvalue weighted by molar-refractivity contribution is 5.97. The summed E-state index contributed by atoms with van der Waals surface area (Å²) in [6.07, 6.45) is 2.84. The first kappa shape index (κ1) is 18.1. The lowest BCUT2D eigenvalue weighted by molar-refractivity contribution is 0.0943. The first-order valence-electron chi connectivity index (χ1n) is 9.24. The number of benzene rings is 1. The van der Waals surface area contributed by atoms with Gasteiger partial charge in [-0.25, -0.2) is 0 Å². The van der Waals surface area contributed by atoms with E-state index in [-0.39, 0.29) is 5.91 Å². The highest BCUT2D eigenvalue weighted by atomic mass is 16.5. The number of rotatable bonds is 9. The van der Waals surface area contributed by atoms with Crippen molar-refractivity contribution in [3.63, 3.8) is 0 Å². The number of carbonyl (C=O) groups excluding carboxylic acids is 1. The van der Waals surface area contributed by atoms with Gasteiger partial charge in [0.25, 0.3) is 5.91 Å². The van der Waals surface area contributed by atoms with Gasteiger partial charge in [0.1, 0.15) is 17.2 Å². The van der Waals surface area contributed by atoms with Gasteiger partial charge in [-0.3, -0.25) is 4.79 Å². The smallest absolute Gasteiger partial charge is 0.268 e. The number of nitrogens with one attached hydrogen (secondary N) is 1. The van der Waals surface area contributed by atoms with Gasteiger partial charge in [0.2, 0.25) is 0 Å². The van der Waals surface area contributed by atoms with E-state index in [9.17, 15) is 4.79 Å². The second-order valence-electron chi connectivity index (χ2n) is 6.41. The molecule has 3 rings (SSSR count). The monoisotopic (exact) mass is 354 g/mol. The number of fused-ring (bicyclic) bond motifs is 1. The van der Waals surface area contributed by atoms with Gasteiger partial charge < -0.3 is 19.0 Å². The summed E-state index contributed by atoms with van der Waals surface area (Å²) in [4.78, 5) is 12.5. The molecule has 0 spiro atoms. The number of ether oxygens (including phenoxy) is 1. The third kappa shape index (κ3) is 4.28. The van der Waals surface area contributed by atoms with Crippen molar-refractivity contribution in [3.8, 4) is 5.75 Å². The van der Waals surface area contributed by atoms with Crippen molar-refractivity contribution in [2.75, 3.05) is 13.2 Å². The van der Waals surface area contributed by atoms with Gasteiger partial charge in [-0.2, -0.15) is 0 Å². The van der Waals surface area contributed by atoms with Gasteiger partial charge in [-0.1, -0.05) is 31.5 Å². The number of nitrogens with zero attached hydrogens (tertiary/aromatic N) is 1. The van der Waals surface area contributed by atoms with Crippen LogP contribution in [0.5, 0.6) is 5.75 Å². The minimum absolute atomic E-state index is 0.0496. The van der Waals surface area contributed by atoms with E-state index in [1.54, 1.807) is 0 Å². The molecule has 0 aliphatic heterocycles. The van der Waals surface area contributed by atoms with Crippen LogP contribution >= 0.6 is 0 Å². The van der Waals surface area contributed by atoms with Gasteiger partial charge >= 0.3 is 0 Å². The molecule has 2 aromatic heterocycles. The second kappa shape index (κ2) is 8.61. The fourth-order valence-corrected chi connectivity index (χ4v) is 2.99. The number of furan rings is 1. The molecular weight excluding hydrogens is 328 g/mol. The van der Waals surface area contributed by atoms with Crippen molar-refractivity contribution in [2.45, 2.75) is 39.7 Å². The number of aromatic nitrogens is 1. The summed E-state index contributed by atoms with van der Waals surface area (Å²) in [5, 5.41) is 2.99. The molecule has 2 heterocycles. The summed E-state index contributed by atoms with van der Waals surface area (Å²) in [5.74, 6) is 1.66. The van der Waals surface area contributed by atoms with Crippen molar-refractivity contribution in [1.29, 1.82) is 0 Å². The summed E-state index contributed by atoms with van der Waals surface area (Å²) in [5.41, 5.74) is 2.37. The van der Waals surface area contributed by atoms with E-state index in [2.05, 4.69) is 12.2 Å².